The molecule has 0 spiro atoms. The summed E-state index contributed by atoms with van der Waals surface area (Å²) in [4.78, 5) is 1.68. The first-order valence-corrected chi connectivity index (χ1v) is 28.6. The maximum Gasteiger partial charge on any atom is 0.143 e. The van der Waals surface area contributed by atoms with Gasteiger partial charge in [0.1, 0.15) is 11.2 Å². The normalized spacial score (nSPS) is 20.6. The fourth-order valence-corrected chi connectivity index (χ4v) is 15.2. The third kappa shape index (κ3) is 7.05. The summed E-state index contributed by atoms with van der Waals surface area (Å²) in [6.07, 6.45) is 0. The van der Waals surface area contributed by atoms with E-state index in [2.05, 4.69) is 0 Å². The minimum atomic E-state index is -3.38. The first-order valence-electron chi connectivity index (χ1n) is 39.1. The van der Waals surface area contributed by atoms with Crippen LogP contribution in [0.5, 0.6) is 0 Å². The number of benzene rings is 9. The molecule has 10 aromatic rings. The van der Waals surface area contributed by atoms with Gasteiger partial charge in [-0.1, -0.05) is 134 Å². The number of nitrogens with zero attached hydrogens (tertiary/aromatic N) is 1. The summed E-state index contributed by atoms with van der Waals surface area (Å²) in [6.45, 7) is 36.5. The van der Waals surface area contributed by atoms with E-state index in [9.17, 15) is 23.3 Å². The van der Waals surface area contributed by atoms with Crippen molar-refractivity contribution in [2.24, 2.45) is 17.2 Å². The van der Waals surface area contributed by atoms with Gasteiger partial charge in [0, 0.05) is 39.5 Å². The number of hydrogen-bond acceptors (Lipinski definition) is 2. The average Bonchev–Trinajstić information content (AvgIpc) is 1.51. The van der Waals surface area contributed by atoms with Gasteiger partial charge >= 0.3 is 0 Å². The second kappa shape index (κ2) is 18.7. The number of furan rings is 1. The fraction of sp³-hybridized carbons (Fsp3) is 0.350. The highest BCUT2D eigenvalue weighted by Gasteiger charge is 2.55. The van der Waals surface area contributed by atoms with Crippen LogP contribution in [-0.2, 0) is 10.8 Å². The van der Waals surface area contributed by atoms with Gasteiger partial charge in [-0.2, -0.15) is 0 Å². The minimum Gasteiger partial charge on any atom is -0.455 e. The van der Waals surface area contributed by atoms with E-state index >= 15 is 0 Å². The van der Waals surface area contributed by atoms with Crippen LogP contribution in [0.25, 0.3) is 77.2 Å². The van der Waals surface area contributed by atoms with Gasteiger partial charge in [0.05, 0.1) is 33.3 Å². The third-order valence-corrected chi connectivity index (χ3v) is 19.7. The summed E-state index contributed by atoms with van der Waals surface area (Å²) in [5, 5.41) is 2.38. The smallest absolute Gasteiger partial charge is 0.143 e. The molecule has 2 aliphatic carbocycles. The highest BCUT2D eigenvalue weighted by molar-refractivity contribution is 6.24. The van der Waals surface area contributed by atoms with Gasteiger partial charge in [0.15, 0.2) is 0 Å². The van der Waals surface area contributed by atoms with Crippen molar-refractivity contribution in [3.63, 3.8) is 0 Å². The largest absolute Gasteiger partial charge is 0.455 e. The Bertz CT molecular complexity index is 5370. The van der Waals surface area contributed by atoms with Crippen molar-refractivity contribution in [2.75, 3.05) is 4.90 Å². The van der Waals surface area contributed by atoms with Crippen LogP contribution in [-0.4, -0.2) is 0 Å². The Kier molecular flexibility index (Phi) is 8.14. The van der Waals surface area contributed by atoms with Crippen molar-refractivity contribution in [3.8, 4) is 44.5 Å². The lowest BCUT2D eigenvalue weighted by Crippen LogP contribution is -2.45. The Balaban J connectivity index is 1.29. The second-order valence-electron chi connectivity index (χ2n) is 25.3. The van der Waals surface area contributed by atoms with Gasteiger partial charge in [0.25, 0.3) is 0 Å². The molecule has 418 valence electrons. The molecule has 2 nitrogen and oxygen atoms in total. The van der Waals surface area contributed by atoms with E-state index in [1.54, 1.807) is 18.7 Å². The molecule has 2 atom stereocenters. The SMILES string of the molecule is [2H]c1c([2H])c([2H])c2c(c1[2H])-c1c([2H])c([2H])c(N(c3c(C)c(C)c(-c4c([2H])c(C)c5oc6c7c([2H])c([2H])c(C)c(C)c7c(-c7c(C)c([2H])c([2H])c(C)c7C)c(C)c6c5c4C)c(C)c3C)c3c(C)c(C)c4c(c3C)C(C([2H])(C)C)(C(C)(C)C)c3c([2H])c([2H])c([2H])c([2H])c3-4)c([2H])c1C2(C([2H])([2H])[2H])C([2H])(C)C. The van der Waals surface area contributed by atoms with Crippen molar-refractivity contribution < 1.29 is 33.2 Å². The topological polar surface area (TPSA) is 16.4 Å². The van der Waals surface area contributed by atoms with E-state index in [0.717, 1.165) is 27.8 Å². The van der Waals surface area contributed by atoms with Crippen LogP contribution in [0.2, 0.25) is 0 Å². The van der Waals surface area contributed by atoms with E-state index in [1.807, 2.05) is 125 Å². The quantitative estimate of drug-likeness (QED) is 0.158. The Morgan fingerprint density at radius 3 is 1.61 bits per heavy atom. The zero-order chi connectivity index (χ0) is 77.3. The van der Waals surface area contributed by atoms with Gasteiger partial charge in [-0.05, 0) is 295 Å². The molecule has 0 saturated carbocycles. The molecule has 12 rings (SSSR count). The molecule has 2 heteroatoms. The third-order valence-electron chi connectivity index (χ3n) is 19.7. The summed E-state index contributed by atoms with van der Waals surface area (Å²) in [5.74, 6) is -3.85. The van der Waals surface area contributed by atoms with Crippen molar-refractivity contribution >= 4 is 49.8 Å². The van der Waals surface area contributed by atoms with Gasteiger partial charge in [-0.25, -0.2) is 0 Å². The molecule has 0 saturated heterocycles. The maximum atomic E-state index is 11.0. The van der Waals surface area contributed by atoms with E-state index < -0.39 is 112 Å². The predicted molar refractivity (Wildman–Crippen MR) is 355 cm³/mol. The summed E-state index contributed by atoms with van der Waals surface area (Å²) in [5.41, 5.74) is 6.86. The first-order chi connectivity index (χ1) is 47.2. The lowest BCUT2D eigenvalue weighted by molar-refractivity contribution is 0.170. The lowest BCUT2D eigenvalue weighted by Gasteiger charge is -2.49. The maximum absolute atomic E-state index is 11.0. The van der Waals surface area contributed by atoms with E-state index in [-0.39, 0.29) is 59.1 Å². The van der Waals surface area contributed by atoms with Crippen LogP contribution in [0.3, 0.4) is 0 Å². The molecule has 82 heavy (non-hydrogen) atoms. The van der Waals surface area contributed by atoms with Crippen molar-refractivity contribution in [1.82, 2.24) is 0 Å². The molecule has 2 unspecified atom stereocenters. The van der Waals surface area contributed by atoms with Crippen LogP contribution in [0.4, 0.5) is 17.1 Å². The summed E-state index contributed by atoms with van der Waals surface area (Å²) in [7, 11) is 0. The summed E-state index contributed by atoms with van der Waals surface area (Å²) < 4.78 is 211. The number of anilines is 3. The molecule has 0 aliphatic heterocycles. The average molecular weight is 1100 g/mol. The van der Waals surface area contributed by atoms with Crippen LogP contribution in [0.15, 0.2) is 101 Å². The van der Waals surface area contributed by atoms with Crippen LogP contribution < -0.4 is 4.90 Å². The number of aryl methyl sites for hydroxylation is 4. The molecule has 9 aromatic carbocycles. The van der Waals surface area contributed by atoms with Crippen LogP contribution >= 0.6 is 0 Å². The summed E-state index contributed by atoms with van der Waals surface area (Å²) >= 11 is 0. The highest BCUT2D eigenvalue weighted by Crippen LogP contribution is 2.65. The molecule has 1 heterocycles. The van der Waals surface area contributed by atoms with E-state index in [0.29, 0.717) is 133 Å². The predicted octanol–water partition coefficient (Wildman–Crippen LogP) is 23.1. The molecule has 0 fully saturated rings. The van der Waals surface area contributed by atoms with Gasteiger partial charge < -0.3 is 9.32 Å². The Morgan fingerprint density at radius 2 is 0.988 bits per heavy atom. The molecule has 0 bridgehead atoms. The molecular weight excluding hydrogens is 991 g/mol. The van der Waals surface area contributed by atoms with Crippen molar-refractivity contribution in [2.45, 2.75) is 170 Å². The fourth-order valence-electron chi connectivity index (χ4n) is 15.2. The molecular formula is C80H87NO. The van der Waals surface area contributed by atoms with Gasteiger partial charge in [-0.15, -0.1) is 0 Å². The Hall–Kier alpha value is -7.16. The van der Waals surface area contributed by atoms with Crippen LogP contribution in [0.1, 0.15) is 190 Å². The van der Waals surface area contributed by atoms with Gasteiger partial charge in [0.2, 0.25) is 0 Å². The molecule has 2 aliphatic rings. The van der Waals surface area contributed by atoms with Gasteiger partial charge in [-0.3, -0.25) is 0 Å². The van der Waals surface area contributed by atoms with E-state index in [1.165, 1.54) is 13.8 Å². The first kappa shape index (κ1) is 35.7. The Labute approximate surface area is 520 Å². The monoisotopic (exact) mass is 1100 g/mol. The molecule has 0 radical (unpaired) electrons. The van der Waals surface area contributed by atoms with Crippen LogP contribution in [0, 0.1) is 121 Å². The Morgan fingerprint density at radius 1 is 0.439 bits per heavy atom. The number of hydrogen-bond donors (Lipinski definition) is 0. The zero-order valence-electron chi connectivity index (χ0n) is 72.9. The standard InChI is InChI=1S/C80H87NO/c1-40(2)79(23)63-30-26-24-28-58(63)59-37-35-57(39-65(59)79)81(75-53(16)50(13)69-60-29-25-27-31-64(60)80(41(3)4,78(20,21)22)73(69)56(75)19)74-51(14)48(11)67(49(12)52(74)15)62-38-45(8)76-71(54(62)17)72-55(18)70(66-44(7)33-32-42(5)46(66)9)68-47(10)43(6)34-36-61(68)77(72)82-76/h24-41H,1-23H3/i23D3,24D,25D,26D,27D,28D,29D,30D,31D,32D,33D,34D,35D,36D,37D,38D,39D,40D,41D. The molecule has 0 N–H and O–H groups in total. The second-order valence-corrected chi connectivity index (χ2v) is 25.3. The van der Waals surface area contributed by atoms with E-state index in [4.69, 9.17) is 9.90 Å². The zero-order valence-corrected chi connectivity index (χ0v) is 51.9. The number of rotatable bonds is 7. The lowest BCUT2D eigenvalue weighted by atomic mass is 9.55. The highest BCUT2D eigenvalue weighted by atomic mass is 16.3. The molecule has 0 amide bonds. The summed E-state index contributed by atoms with van der Waals surface area (Å²) in [6, 6.07) is -6.30. The number of fused-ring (bicyclic) bond motifs is 11. The van der Waals surface area contributed by atoms with Crippen molar-refractivity contribution in [3.05, 3.63) is 202 Å². The minimum absolute atomic E-state index is 0.0228. The van der Waals surface area contributed by atoms with Crippen molar-refractivity contribution in [1.29, 1.82) is 0 Å². The molecule has 1 aromatic heterocycles.